The number of esters is 3. The number of carbonyl (C=O) groups is 3. The van der Waals surface area contributed by atoms with Crippen LogP contribution in [0.5, 0.6) is 0 Å². The lowest BCUT2D eigenvalue weighted by Gasteiger charge is -2.18. The largest absolute Gasteiger partial charge is 0.462 e. The maximum absolute atomic E-state index is 12.8. The molecule has 0 heterocycles. The molecule has 6 nitrogen and oxygen atoms in total. The van der Waals surface area contributed by atoms with Crippen LogP contribution in [0, 0.1) is 0 Å². The molecule has 344 valence electrons. The van der Waals surface area contributed by atoms with Gasteiger partial charge in [0.1, 0.15) is 13.2 Å². The Bertz CT molecular complexity index is 859. The van der Waals surface area contributed by atoms with Crippen molar-refractivity contribution in [2.45, 2.75) is 303 Å². The first-order valence-corrected chi connectivity index (χ1v) is 26.0. The molecule has 0 aliphatic carbocycles. The van der Waals surface area contributed by atoms with Gasteiger partial charge in [0, 0.05) is 19.3 Å². The Kier molecular flexibility index (Phi) is 46.8. The Morgan fingerprint density at radius 2 is 0.466 bits per heavy atom. The third-order valence-electron chi connectivity index (χ3n) is 11.9. The maximum Gasteiger partial charge on any atom is 0.306 e. The molecule has 58 heavy (non-hydrogen) atoms. The minimum absolute atomic E-state index is 0.0617. The van der Waals surface area contributed by atoms with Crippen molar-refractivity contribution in [3.8, 4) is 0 Å². The van der Waals surface area contributed by atoms with E-state index in [1.165, 1.54) is 199 Å². The Balaban J connectivity index is 4.29. The van der Waals surface area contributed by atoms with Crippen molar-refractivity contribution in [1.29, 1.82) is 0 Å². The van der Waals surface area contributed by atoms with Crippen LogP contribution in [-0.4, -0.2) is 37.2 Å². The average Bonchev–Trinajstić information content (AvgIpc) is 3.22. The zero-order valence-electron chi connectivity index (χ0n) is 39.3. The number of rotatable bonds is 48. The van der Waals surface area contributed by atoms with Crippen LogP contribution in [0.15, 0.2) is 0 Å². The maximum atomic E-state index is 12.8. The van der Waals surface area contributed by atoms with Gasteiger partial charge in [-0.3, -0.25) is 14.4 Å². The lowest BCUT2D eigenvalue weighted by molar-refractivity contribution is -0.167. The summed E-state index contributed by atoms with van der Waals surface area (Å²) in [7, 11) is 0. The number of unbranched alkanes of at least 4 members (excludes halogenated alkanes) is 37. The third-order valence-corrected chi connectivity index (χ3v) is 11.9. The van der Waals surface area contributed by atoms with E-state index < -0.39 is 6.10 Å². The fourth-order valence-electron chi connectivity index (χ4n) is 7.92. The highest BCUT2D eigenvalue weighted by Gasteiger charge is 2.19. The lowest BCUT2D eigenvalue weighted by atomic mass is 10.0. The normalized spacial score (nSPS) is 11.8. The predicted octanol–water partition coefficient (Wildman–Crippen LogP) is 16.8. The summed E-state index contributed by atoms with van der Waals surface area (Å²) < 4.78 is 16.8. The van der Waals surface area contributed by atoms with Crippen LogP contribution in [0.25, 0.3) is 0 Å². The summed E-state index contributed by atoms with van der Waals surface area (Å²) in [5.74, 6) is -0.841. The molecule has 0 aromatic carbocycles. The molecule has 0 amide bonds. The molecule has 0 unspecified atom stereocenters. The minimum Gasteiger partial charge on any atom is -0.462 e. The summed E-state index contributed by atoms with van der Waals surface area (Å²) in [5.41, 5.74) is 0. The molecule has 0 radical (unpaired) electrons. The van der Waals surface area contributed by atoms with Crippen LogP contribution in [-0.2, 0) is 28.6 Å². The average molecular weight is 821 g/mol. The molecule has 0 rings (SSSR count). The van der Waals surface area contributed by atoms with Crippen molar-refractivity contribution >= 4 is 17.9 Å². The van der Waals surface area contributed by atoms with Crippen molar-refractivity contribution in [2.75, 3.05) is 13.2 Å². The molecule has 0 saturated heterocycles. The van der Waals surface area contributed by atoms with E-state index in [1.807, 2.05) is 0 Å². The quantitative estimate of drug-likeness (QED) is 0.0346. The Labute approximate surface area is 361 Å². The van der Waals surface area contributed by atoms with Gasteiger partial charge in [0.05, 0.1) is 0 Å². The van der Waals surface area contributed by atoms with E-state index in [9.17, 15) is 14.4 Å². The summed E-state index contributed by atoms with van der Waals surface area (Å²) in [6.07, 6.45) is 50.8. The van der Waals surface area contributed by atoms with Gasteiger partial charge in [-0.15, -0.1) is 0 Å². The first kappa shape index (κ1) is 56.4. The highest BCUT2D eigenvalue weighted by Crippen LogP contribution is 2.17. The minimum atomic E-state index is -0.759. The molecular formula is C52H100O6. The topological polar surface area (TPSA) is 78.9 Å². The van der Waals surface area contributed by atoms with Crippen LogP contribution in [0.3, 0.4) is 0 Å². The van der Waals surface area contributed by atoms with E-state index in [0.717, 1.165) is 57.8 Å². The van der Waals surface area contributed by atoms with Gasteiger partial charge in [-0.1, -0.05) is 258 Å². The van der Waals surface area contributed by atoms with Gasteiger partial charge >= 0.3 is 17.9 Å². The van der Waals surface area contributed by atoms with Crippen LogP contribution < -0.4 is 0 Å². The summed E-state index contributed by atoms with van der Waals surface area (Å²) >= 11 is 0. The summed E-state index contributed by atoms with van der Waals surface area (Å²) in [6, 6.07) is 0. The van der Waals surface area contributed by atoms with Crippen LogP contribution in [0.4, 0.5) is 0 Å². The SMILES string of the molecule is CCCCCCCCCCCCCCCCCC(=O)OC[C@@H](COC(=O)CCCCCCCCCCCCC)OC(=O)CCCCCCCCCCCCCCCC. The first-order valence-electron chi connectivity index (χ1n) is 26.0. The van der Waals surface area contributed by atoms with E-state index in [2.05, 4.69) is 20.8 Å². The smallest absolute Gasteiger partial charge is 0.306 e. The molecule has 0 aliphatic heterocycles. The van der Waals surface area contributed by atoms with Crippen molar-refractivity contribution in [3.05, 3.63) is 0 Å². The van der Waals surface area contributed by atoms with Gasteiger partial charge in [0.2, 0.25) is 0 Å². The second kappa shape index (κ2) is 48.1. The van der Waals surface area contributed by atoms with Gasteiger partial charge in [0.25, 0.3) is 0 Å². The number of carbonyl (C=O) groups excluding carboxylic acids is 3. The van der Waals surface area contributed by atoms with E-state index in [0.29, 0.717) is 19.3 Å². The van der Waals surface area contributed by atoms with E-state index in [-0.39, 0.29) is 31.1 Å². The number of ether oxygens (including phenoxy) is 3. The molecule has 6 heteroatoms. The Morgan fingerprint density at radius 1 is 0.276 bits per heavy atom. The standard InChI is InChI=1S/C52H100O6/c1-4-7-10-13-16-19-22-24-26-28-30-33-36-39-42-45-51(54)57-48-49(47-56-50(53)44-41-38-35-32-29-21-18-15-12-9-6-3)58-52(55)46-43-40-37-34-31-27-25-23-20-17-14-11-8-5-2/h49H,4-48H2,1-3H3/t49-/m1/s1. The Hall–Kier alpha value is -1.59. The second-order valence-corrected chi connectivity index (χ2v) is 17.8. The highest BCUT2D eigenvalue weighted by molar-refractivity contribution is 5.71. The van der Waals surface area contributed by atoms with E-state index >= 15 is 0 Å². The zero-order chi connectivity index (χ0) is 42.3. The van der Waals surface area contributed by atoms with Gasteiger partial charge in [-0.05, 0) is 19.3 Å². The monoisotopic (exact) mass is 821 g/mol. The molecule has 0 bridgehead atoms. The molecule has 0 aliphatic rings. The lowest BCUT2D eigenvalue weighted by Crippen LogP contribution is -2.30. The van der Waals surface area contributed by atoms with Crippen LogP contribution in [0.2, 0.25) is 0 Å². The number of hydrogen-bond donors (Lipinski definition) is 0. The van der Waals surface area contributed by atoms with E-state index in [4.69, 9.17) is 14.2 Å². The summed E-state index contributed by atoms with van der Waals surface area (Å²) in [5, 5.41) is 0. The molecular weight excluding hydrogens is 721 g/mol. The van der Waals surface area contributed by atoms with Gasteiger partial charge in [0.15, 0.2) is 6.10 Å². The van der Waals surface area contributed by atoms with E-state index in [1.54, 1.807) is 0 Å². The first-order chi connectivity index (χ1) is 28.5. The molecule has 0 aromatic heterocycles. The van der Waals surface area contributed by atoms with Gasteiger partial charge in [-0.2, -0.15) is 0 Å². The zero-order valence-corrected chi connectivity index (χ0v) is 39.3. The number of hydrogen-bond acceptors (Lipinski definition) is 6. The molecule has 0 aromatic rings. The fourth-order valence-corrected chi connectivity index (χ4v) is 7.92. The third kappa shape index (κ3) is 45.5. The summed E-state index contributed by atoms with van der Waals surface area (Å²) in [4.78, 5) is 37.9. The van der Waals surface area contributed by atoms with Gasteiger partial charge in [-0.25, -0.2) is 0 Å². The summed E-state index contributed by atoms with van der Waals surface area (Å²) in [6.45, 7) is 6.68. The molecule has 0 saturated carbocycles. The molecule has 0 N–H and O–H groups in total. The van der Waals surface area contributed by atoms with Crippen LogP contribution in [0.1, 0.15) is 297 Å². The van der Waals surface area contributed by atoms with Crippen molar-refractivity contribution in [3.63, 3.8) is 0 Å². The van der Waals surface area contributed by atoms with Crippen molar-refractivity contribution in [2.24, 2.45) is 0 Å². The van der Waals surface area contributed by atoms with Crippen molar-refractivity contribution in [1.82, 2.24) is 0 Å². The van der Waals surface area contributed by atoms with Crippen molar-refractivity contribution < 1.29 is 28.6 Å². The van der Waals surface area contributed by atoms with Gasteiger partial charge < -0.3 is 14.2 Å². The fraction of sp³-hybridized carbons (Fsp3) is 0.942. The second-order valence-electron chi connectivity index (χ2n) is 17.8. The Morgan fingerprint density at radius 3 is 0.690 bits per heavy atom. The van der Waals surface area contributed by atoms with Crippen LogP contribution >= 0.6 is 0 Å². The highest BCUT2D eigenvalue weighted by atomic mass is 16.6. The molecule has 0 spiro atoms. The predicted molar refractivity (Wildman–Crippen MR) is 247 cm³/mol. The molecule has 0 fully saturated rings. The molecule has 1 atom stereocenters.